The molecule has 0 atom stereocenters. The number of unbranched alkanes of at least 4 members (excludes halogenated alkanes) is 24. The topological polar surface area (TPSA) is 203 Å². The highest BCUT2D eigenvalue weighted by Crippen LogP contribution is 2.70. The zero-order chi connectivity index (χ0) is 100. The molecule has 0 bridgehead atoms. The third-order valence-corrected chi connectivity index (χ3v) is 33.0. The van der Waals surface area contributed by atoms with Crippen LogP contribution in [0.2, 0.25) is 0 Å². The van der Waals surface area contributed by atoms with Crippen molar-refractivity contribution in [2.24, 2.45) is 0 Å². The Morgan fingerprint density at radius 2 is 0.528 bits per heavy atom. The summed E-state index contributed by atoms with van der Waals surface area (Å²) in [7, 11) is 0. The maximum Gasteiger partial charge on any atom is 0.194 e. The number of ether oxygens (including phenoxy) is 8. The van der Waals surface area contributed by atoms with Crippen molar-refractivity contribution in [1.29, 1.82) is 21.0 Å². The number of carbonyl (C=O) groups is 2. The molecule has 12 aromatic rings. The number of fused-ring (bicyclic) bond motifs is 11. The summed E-state index contributed by atoms with van der Waals surface area (Å²) in [6, 6.07) is 72.2. The van der Waals surface area contributed by atoms with Gasteiger partial charge in [-0.1, -0.05) is 282 Å². The third-order valence-electron chi connectivity index (χ3n) is 28.2. The van der Waals surface area contributed by atoms with Crippen LogP contribution in [0, 0.1) is 45.3 Å². The first-order valence-corrected chi connectivity index (χ1v) is 56.6. The van der Waals surface area contributed by atoms with Crippen molar-refractivity contribution < 1.29 is 47.5 Å². The maximum atomic E-state index is 14.7. The summed E-state index contributed by atoms with van der Waals surface area (Å²) in [6.45, 7) is 21.9. The number of benzene rings is 8. The van der Waals surface area contributed by atoms with Crippen molar-refractivity contribution in [1.82, 2.24) is 0 Å². The molecule has 744 valence electrons. The first-order chi connectivity index (χ1) is 70.7. The van der Waals surface area contributed by atoms with Crippen LogP contribution in [-0.4, -0.2) is 64.4 Å². The van der Waals surface area contributed by atoms with Gasteiger partial charge in [0.25, 0.3) is 0 Å². The van der Waals surface area contributed by atoms with Crippen LogP contribution in [0.15, 0.2) is 204 Å². The van der Waals surface area contributed by atoms with Gasteiger partial charge in [0.2, 0.25) is 0 Å². The number of thiophene rings is 4. The molecule has 8 aromatic carbocycles. The Hall–Kier alpha value is -12.5. The van der Waals surface area contributed by atoms with E-state index >= 15 is 0 Å². The molecule has 0 amide bonds. The van der Waals surface area contributed by atoms with Crippen molar-refractivity contribution in [2.75, 3.05) is 52.9 Å². The van der Waals surface area contributed by atoms with Crippen LogP contribution in [0.1, 0.15) is 347 Å². The molecule has 4 aliphatic rings. The molecule has 0 radical (unpaired) electrons. The Kier molecular flexibility index (Phi) is 36.8. The molecule has 4 heterocycles. The lowest BCUT2D eigenvalue weighted by molar-refractivity contribution is 0.103. The smallest absolute Gasteiger partial charge is 0.194 e. The van der Waals surface area contributed by atoms with E-state index in [0.717, 1.165) is 311 Å². The Labute approximate surface area is 869 Å². The molecule has 0 fully saturated rings. The quantitative estimate of drug-likeness (QED) is 0.0198. The van der Waals surface area contributed by atoms with E-state index < -0.39 is 10.8 Å². The minimum Gasteiger partial charge on any atom is -0.493 e. The van der Waals surface area contributed by atoms with Crippen molar-refractivity contribution in [2.45, 2.75) is 272 Å². The van der Waals surface area contributed by atoms with Crippen molar-refractivity contribution in [3.63, 3.8) is 0 Å². The Morgan fingerprint density at radius 1 is 0.278 bits per heavy atom. The van der Waals surface area contributed by atoms with E-state index in [1.807, 2.05) is 83.4 Å². The largest absolute Gasteiger partial charge is 0.493 e. The van der Waals surface area contributed by atoms with Gasteiger partial charge in [-0.05, 0) is 215 Å². The minimum atomic E-state index is -1.25. The lowest BCUT2D eigenvalue weighted by atomic mass is 9.66. The summed E-state index contributed by atoms with van der Waals surface area (Å²) >= 11 is 6.80. The van der Waals surface area contributed by atoms with E-state index in [9.17, 15) is 30.6 Å². The number of Topliss-reactive ketones (excluding diaryl/α,β-unsaturated/α-hetero) is 2. The molecule has 18 heteroatoms. The molecular weight excluding hydrogens is 1860 g/mol. The van der Waals surface area contributed by atoms with Gasteiger partial charge in [0.15, 0.2) is 11.6 Å². The Balaban J connectivity index is 1.03. The number of ketones is 2. The zero-order valence-electron chi connectivity index (χ0n) is 85.3. The monoisotopic (exact) mass is 1990 g/mol. The summed E-state index contributed by atoms with van der Waals surface area (Å²) in [6.07, 6.45) is 36.2. The summed E-state index contributed by atoms with van der Waals surface area (Å²) in [4.78, 5) is 35.1. The molecule has 0 unspecified atom stereocenters. The first kappa shape index (κ1) is 104. The van der Waals surface area contributed by atoms with Crippen LogP contribution in [0.4, 0.5) is 0 Å². The second-order valence-electron chi connectivity index (χ2n) is 38.6. The predicted octanol–water partition coefficient (Wildman–Crippen LogP) is 35.0. The van der Waals surface area contributed by atoms with Crippen molar-refractivity contribution in [3.05, 3.63) is 281 Å². The maximum absolute atomic E-state index is 14.7. The van der Waals surface area contributed by atoms with E-state index in [-0.39, 0.29) is 22.7 Å². The fraction of sp³-hybridized carbons (Fsp3) is 0.397. The zero-order valence-corrected chi connectivity index (χ0v) is 88.5. The normalized spacial score (nSPS) is 13.8. The van der Waals surface area contributed by atoms with Crippen LogP contribution >= 0.6 is 45.3 Å². The molecule has 0 N–H and O–H groups in total. The number of hydrogen-bond donors (Lipinski definition) is 0. The molecule has 16 rings (SSSR count). The van der Waals surface area contributed by atoms with Gasteiger partial charge in [0, 0.05) is 98.1 Å². The molecule has 0 spiro atoms. The number of allylic oxidation sites excluding steroid dienone is 6. The number of nitriles is 4. The standard InChI is InChI=1S/C126H136N4O10S4/c1-9-17-25-37-57-133-93-67-89(68-94(75-93)134-58-38-26-18-10-2)125(90-69-95(135-59-39-27-19-11-3)76-96(70-90)136-60-40-28-20-12-4)111-65-85(113-55-51-101(141-113)79-109-115(87(81-127)82-128)103-45-33-35-47-105(103)119(109)131)49-53-107(111)121-117(125)123-124(143-121)118-122(144-123)108-54-50-86(114-56-52-102(142-114)80-110-116(88(83-129)84-130)104-46-34-36-48-106(104)120(110)132)66-112(108)126(118,91-71-97(137-61-41-29-21-13-5)77-98(72-91)138-62-42-30-22-14-6)92-73-99(139-63-43-31-23-15-7)78-100(74-92)140-64-44-32-24-16-8/h33-36,45-56,65-80H,9-32,37-44,57-64H2,1-8H3/b109-79-,110-80-. The molecule has 0 saturated carbocycles. The van der Waals surface area contributed by atoms with Crippen molar-refractivity contribution in [3.8, 4) is 112 Å². The van der Waals surface area contributed by atoms with Gasteiger partial charge >= 0.3 is 0 Å². The van der Waals surface area contributed by atoms with Gasteiger partial charge in [-0.2, -0.15) is 21.0 Å². The SMILES string of the molecule is CCCCCCOc1cc(OCCCCCC)cc(C2(c3cc(OCCCCCC)cc(OCCCCCC)c3)c3cc(-c4ccc(/C=C5\C(=O)c6ccccc6C5=C(C#N)C#N)s4)ccc3-c3sc4c5c(sc4c32)-c2ccc(-c3ccc(/C=C4\C(=O)c6ccccc6C4=C(C#N)C#N)s3)cc2C5(c2cc(OCCCCCC)cc(OCCCCCC)c2)c2cc(OCCCCCC)cc(OCCCCCC)c2)c1. The Morgan fingerprint density at radius 3 is 0.771 bits per heavy atom. The predicted molar refractivity (Wildman–Crippen MR) is 592 cm³/mol. The molecule has 14 nitrogen and oxygen atoms in total. The molecule has 0 saturated heterocycles. The van der Waals surface area contributed by atoms with Gasteiger partial charge in [0.05, 0.1) is 73.1 Å². The molecular formula is C126H136N4O10S4. The minimum absolute atomic E-state index is 0.117. The molecule has 4 aliphatic carbocycles. The highest BCUT2D eigenvalue weighted by molar-refractivity contribution is 7.32. The van der Waals surface area contributed by atoms with Crippen molar-refractivity contribution >= 4 is 89.6 Å². The van der Waals surface area contributed by atoms with Crippen LogP contribution in [0.25, 0.3) is 74.5 Å². The number of nitrogens with zero attached hydrogens (tertiary/aromatic N) is 4. The van der Waals surface area contributed by atoms with Gasteiger partial charge in [-0.15, -0.1) is 45.3 Å². The fourth-order valence-electron chi connectivity index (χ4n) is 20.9. The second-order valence-corrected chi connectivity index (χ2v) is 42.8. The van der Waals surface area contributed by atoms with Crippen LogP contribution < -0.4 is 37.9 Å². The third kappa shape index (κ3) is 22.9. The van der Waals surface area contributed by atoms with E-state index in [1.54, 1.807) is 34.8 Å². The lowest BCUT2D eigenvalue weighted by Crippen LogP contribution is -2.29. The van der Waals surface area contributed by atoms with Gasteiger partial charge in [0.1, 0.15) is 81.4 Å². The summed E-state index contributed by atoms with van der Waals surface area (Å²) in [5, 5.41) is 42.2. The molecule has 144 heavy (non-hydrogen) atoms. The average Bonchev–Trinajstić information content (AvgIpc) is 1.48. The van der Waals surface area contributed by atoms with E-state index in [0.29, 0.717) is 143 Å². The summed E-state index contributed by atoms with van der Waals surface area (Å²) < 4.78 is 60.2. The summed E-state index contributed by atoms with van der Waals surface area (Å²) in [5.41, 5.74) is 12.6. The van der Waals surface area contributed by atoms with Crippen LogP contribution in [-0.2, 0) is 10.8 Å². The van der Waals surface area contributed by atoms with Gasteiger partial charge in [-0.3, -0.25) is 9.59 Å². The Bertz CT molecular complexity index is 6160. The van der Waals surface area contributed by atoms with E-state index in [4.69, 9.17) is 37.9 Å². The average molecular weight is 1990 g/mol. The van der Waals surface area contributed by atoms with Crippen LogP contribution in [0.5, 0.6) is 46.0 Å². The number of rotatable bonds is 56. The van der Waals surface area contributed by atoms with E-state index in [1.165, 1.54) is 0 Å². The number of carbonyl (C=O) groups excluding carboxylic acids is 2. The van der Waals surface area contributed by atoms with Gasteiger partial charge in [-0.25, -0.2) is 0 Å². The van der Waals surface area contributed by atoms with E-state index in [2.05, 4.69) is 201 Å². The van der Waals surface area contributed by atoms with Crippen LogP contribution in [0.3, 0.4) is 0 Å². The highest BCUT2D eigenvalue weighted by atomic mass is 32.1. The number of hydrogen-bond acceptors (Lipinski definition) is 18. The second kappa shape index (κ2) is 50.8. The highest BCUT2D eigenvalue weighted by Gasteiger charge is 2.56. The van der Waals surface area contributed by atoms with Gasteiger partial charge < -0.3 is 37.9 Å². The summed E-state index contributed by atoms with van der Waals surface area (Å²) in [5.74, 6) is 5.15. The molecule has 4 aromatic heterocycles. The molecule has 0 aliphatic heterocycles. The first-order valence-electron chi connectivity index (χ1n) is 53.3. The fourth-order valence-corrected chi connectivity index (χ4v) is 26.0. The lowest BCUT2D eigenvalue weighted by Gasteiger charge is -2.35.